The molecular weight excluding hydrogens is 204 g/mol. The smallest absolute Gasteiger partial charge is 0.302 e. The topological polar surface area (TPSA) is 35.5 Å². The van der Waals surface area contributed by atoms with E-state index in [1.807, 2.05) is 13.0 Å². The van der Waals surface area contributed by atoms with Crippen molar-refractivity contribution in [2.45, 2.75) is 33.6 Å². The van der Waals surface area contributed by atoms with Gasteiger partial charge < -0.3 is 9.47 Å². The van der Waals surface area contributed by atoms with Crippen molar-refractivity contribution in [1.82, 2.24) is 0 Å². The van der Waals surface area contributed by atoms with Crippen molar-refractivity contribution >= 4 is 5.97 Å². The lowest BCUT2D eigenvalue weighted by atomic mass is 10.1. The van der Waals surface area contributed by atoms with Crippen LogP contribution in [0.15, 0.2) is 23.3 Å². The molecule has 0 spiro atoms. The molecule has 0 bridgehead atoms. The largest absolute Gasteiger partial charge is 0.462 e. The van der Waals surface area contributed by atoms with Crippen LogP contribution in [0.5, 0.6) is 0 Å². The van der Waals surface area contributed by atoms with Crippen molar-refractivity contribution in [3.63, 3.8) is 0 Å². The Hall–Kier alpha value is -1.09. The highest BCUT2D eigenvalue weighted by atomic mass is 16.5. The molecule has 0 atom stereocenters. The van der Waals surface area contributed by atoms with Gasteiger partial charge in [-0.3, -0.25) is 4.79 Å². The van der Waals surface area contributed by atoms with Crippen molar-refractivity contribution in [2.75, 3.05) is 20.3 Å². The monoisotopic (exact) mass is 226 g/mol. The average molecular weight is 226 g/mol. The van der Waals surface area contributed by atoms with Crippen molar-refractivity contribution < 1.29 is 14.3 Å². The Labute approximate surface area is 98.1 Å². The summed E-state index contributed by atoms with van der Waals surface area (Å²) in [5.41, 5.74) is 2.48. The first kappa shape index (κ1) is 14.9. The number of rotatable bonds is 7. The Balaban J connectivity index is 3.75. The fourth-order valence-electron chi connectivity index (χ4n) is 1.24. The summed E-state index contributed by atoms with van der Waals surface area (Å²) < 4.78 is 9.84. The molecule has 0 aliphatic carbocycles. The van der Waals surface area contributed by atoms with Gasteiger partial charge in [0.15, 0.2) is 0 Å². The molecule has 0 rings (SSSR count). The second kappa shape index (κ2) is 9.16. The summed E-state index contributed by atoms with van der Waals surface area (Å²) >= 11 is 0. The summed E-state index contributed by atoms with van der Waals surface area (Å²) in [5, 5.41) is 0. The number of hydrogen-bond donors (Lipinski definition) is 0. The lowest BCUT2D eigenvalue weighted by molar-refractivity contribution is -0.139. The second-order valence-corrected chi connectivity index (χ2v) is 3.88. The molecule has 0 aromatic carbocycles. The Morgan fingerprint density at radius 2 is 1.81 bits per heavy atom. The van der Waals surface area contributed by atoms with Gasteiger partial charge >= 0.3 is 5.97 Å². The molecule has 0 fully saturated rings. The molecule has 0 radical (unpaired) electrons. The van der Waals surface area contributed by atoms with Gasteiger partial charge in [-0.05, 0) is 32.8 Å². The zero-order valence-corrected chi connectivity index (χ0v) is 10.7. The summed E-state index contributed by atoms with van der Waals surface area (Å²) in [6.45, 7) is 6.59. The number of carbonyl (C=O) groups is 1. The Morgan fingerprint density at radius 3 is 2.38 bits per heavy atom. The van der Waals surface area contributed by atoms with Gasteiger partial charge in [0.25, 0.3) is 0 Å². The molecule has 0 unspecified atom stereocenters. The van der Waals surface area contributed by atoms with Crippen LogP contribution >= 0.6 is 0 Å². The Bertz CT molecular complexity index is 264. The van der Waals surface area contributed by atoms with E-state index >= 15 is 0 Å². The fraction of sp³-hybridized carbons (Fsp3) is 0.615. The van der Waals surface area contributed by atoms with E-state index in [1.165, 1.54) is 18.1 Å². The molecule has 92 valence electrons. The molecule has 0 aromatic rings. The third kappa shape index (κ3) is 9.46. The van der Waals surface area contributed by atoms with Gasteiger partial charge in [0.1, 0.15) is 6.61 Å². The van der Waals surface area contributed by atoms with Gasteiger partial charge in [0.2, 0.25) is 0 Å². The average Bonchev–Trinajstić information content (AvgIpc) is 2.17. The van der Waals surface area contributed by atoms with E-state index in [-0.39, 0.29) is 5.97 Å². The molecule has 3 nitrogen and oxygen atoms in total. The van der Waals surface area contributed by atoms with Crippen LogP contribution in [0, 0.1) is 0 Å². The van der Waals surface area contributed by atoms with E-state index in [9.17, 15) is 4.79 Å². The standard InChI is InChI=1S/C13H22O3/c1-11(8-9-16-13(3)14)6-5-7-12(2)10-15-4/h7-8H,5-6,9-10H2,1-4H3/b11-8+,12-7+. The number of esters is 1. The van der Waals surface area contributed by atoms with Crippen molar-refractivity contribution in [3.8, 4) is 0 Å². The molecule has 0 aliphatic rings. The van der Waals surface area contributed by atoms with Crippen molar-refractivity contribution in [3.05, 3.63) is 23.3 Å². The molecule has 0 saturated carbocycles. The van der Waals surface area contributed by atoms with Crippen LogP contribution in [0.1, 0.15) is 33.6 Å². The van der Waals surface area contributed by atoms with Crippen LogP contribution in [0.2, 0.25) is 0 Å². The van der Waals surface area contributed by atoms with E-state index in [2.05, 4.69) is 13.0 Å². The first-order valence-electron chi connectivity index (χ1n) is 5.49. The fourth-order valence-corrected chi connectivity index (χ4v) is 1.24. The zero-order valence-electron chi connectivity index (χ0n) is 10.7. The maximum Gasteiger partial charge on any atom is 0.302 e. The van der Waals surface area contributed by atoms with Crippen LogP contribution in [0.25, 0.3) is 0 Å². The quantitative estimate of drug-likeness (QED) is 0.494. The molecule has 0 heterocycles. The summed E-state index contributed by atoms with van der Waals surface area (Å²) in [6, 6.07) is 0. The molecule has 16 heavy (non-hydrogen) atoms. The summed E-state index contributed by atoms with van der Waals surface area (Å²) in [5.74, 6) is -0.236. The first-order chi connectivity index (χ1) is 7.56. The van der Waals surface area contributed by atoms with Gasteiger partial charge in [0, 0.05) is 14.0 Å². The number of allylic oxidation sites excluding steroid dienone is 2. The summed E-state index contributed by atoms with van der Waals surface area (Å²) in [6.07, 6.45) is 6.10. The highest BCUT2D eigenvalue weighted by Crippen LogP contribution is 2.06. The van der Waals surface area contributed by atoms with Crippen LogP contribution < -0.4 is 0 Å². The Kier molecular flexibility index (Phi) is 8.53. The van der Waals surface area contributed by atoms with Crippen LogP contribution in [0.4, 0.5) is 0 Å². The maximum atomic E-state index is 10.5. The van der Waals surface area contributed by atoms with Crippen molar-refractivity contribution in [1.29, 1.82) is 0 Å². The third-order valence-electron chi connectivity index (χ3n) is 2.12. The number of hydrogen-bond acceptors (Lipinski definition) is 3. The molecular formula is C13H22O3. The van der Waals surface area contributed by atoms with E-state index in [1.54, 1.807) is 7.11 Å². The highest BCUT2D eigenvalue weighted by Gasteiger charge is 1.92. The normalized spacial score (nSPS) is 12.8. The Morgan fingerprint density at radius 1 is 1.12 bits per heavy atom. The summed E-state index contributed by atoms with van der Waals surface area (Å²) in [7, 11) is 1.70. The zero-order chi connectivity index (χ0) is 12.4. The minimum Gasteiger partial charge on any atom is -0.462 e. The van der Waals surface area contributed by atoms with Gasteiger partial charge in [-0.1, -0.05) is 17.2 Å². The first-order valence-corrected chi connectivity index (χ1v) is 5.49. The van der Waals surface area contributed by atoms with Crippen LogP contribution in [0.3, 0.4) is 0 Å². The second-order valence-electron chi connectivity index (χ2n) is 3.88. The van der Waals surface area contributed by atoms with E-state index < -0.39 is 0 Å². The van der Waals surface area contributed by atoms with Gasteiger partial charge in [0.05, 0.1) is 6.61 Å². The van der Waals surface area contributed by atoms with Gasteiger partial charge in [-0.15, -0.1) is 0 Å². The molecule has 0 aromatic heterocycles. The van der Waals surface area contributed by atoms with E-state index in [4.69, 9.17) is 9.47 Å². The van der Waals surface area contributed by atoms with Gasteiger partial charge in [-0.2, -0.15) is 0 Å². The van der Waals surface area contributed by atoms with E-state index in [0.29, 0.717) is 13.2 Å². The lowest BCUT2D eigenvalue weighted by Crippen LogP contribution is -1.98. The minimum absolute atomic E-state index is 0.236. The van der Waals surface area contributed by atoms with E-state index in [0.717, 1.165) is 12.8 Å². The maximum absolute atomic E-state index is 10.5. The predicted octanol–water partition coefficient (Wildman–Crippen LogP) is 2.87. The van der Waals surface area contributed by atoms with Crippen molar-refractivity contribution in [2.24, 2.45) is 0 Å². The molecule has 3 heteroatoms. The van der Waals surface area contributed by atoms with Crippen LogP contribution in [-0.2, 0) is 14.3 Å². The SMILES string of the molecule is COC/C(C)=C/CC/C(C)=C/COC(C)=O. The predicted molar refractivity (Wildman–Crippen MR) is 65.3 cm³/mol. The third-order valence-corrected chi connectivity index (χ3v) is 2.12. The molecule has 0 aliphatic heterocycles. The lowest BCUT2D eigenvalue weighted by Gasteiger charge is -2.01. The van der Waals surface area contributed by atoms with Crippen LogP contribution in [-0.4, -0.2) is 26.3 Å². The minimum atomic E-state index is -0.236. The molecule has 0 N–H and O–H groups in total. The number of methoxy groups -OCH3 is 1. The molecule has 0 saturated heterocycles. The number of ether oxygens (including phenoxy) is 2. The molecule has 0 amide bonds. The summed E-state index contributed by atoms with van der Waals surface area (Å²) in [4.78, 5) is 10.5. The number of carbonyl (C=O) groups excluding carboxylic acids is 1. The highest BCUT2D eigenvalue weighted by molar-refractivity contribution is 5.66. The van der Waals surface area contributed by atoms with Gasteiger partial charge in [-0.25, -0.2) is 0 Å².